The number of piperidine rings is 1. The third-order valence-corrected chi connectivity index (χ3v) is 5.80. The van der Waals surface area contributed by atoms with Crippen LogP contribution in [0.15, 0.2) is 42.1 Å². The van der Waals surface area contributed by atoms with Crippen LogP contribution in [-0.4, -0.2) is 24.0 Å². The molecular formula is C20H31N3O. The average molecular weight is 329 g/mol. The van der Waals surface area contributed by atoms with Gasteiger partial charge in [-0.15, -0.1) is 0 Å². The Bertz CT molecular complexity index is 562. The number of benzene rings is 1. The van der Waals surface area contributed by atoms with Gasteiger partial charge in [-0.05, 0) is 56.2 Å². The Balaban J connectivity index is 1.95. The number of carbonyl (C=O) groups is 1. The van der Waals surface area contributed by atoms with Crippen LogP contribution in [-0.2, 0) is 6.54 Å². The van der Waals surface area contributed by atoms with E-state index < -0.39 is 6.03 Å². The van der Waals surface area contributed by atoms with Crippen LogP contribution in [0.2, 0.25) is 0 Å². The van der Waals surface area contributed by atoms with Crippen LogP contribution >= 0.6 is 0 Å². The smallest absolute Gasteiger partial charge is 0.316 e. The van der Waals surface area contributed by atoms with E-state index in [-0.39, 0.29) is 5.41 Å². The lowest BCUT2D eigenvalue weighted by atomic mass is 9.66. The van der Waals surface area contributed by atoms with E-state index in [1.54, 1.807) is 6.20 Å². The molecule has 2 amide bonds. The first-order valence-electron chi connectivity index (χ1n) is 8.95. The molecule has 4 heteroatoms. The molecule has 1 aromatic rings. The van der Waals surface area contributed by atoms with Crippen molar-refractivity contribution in [3.63, 3.8) is 0 Å². The highest BCUT2D eigenvalue weighted by Gasteiger charge is 2.36. The molecule has 1 unspecified atom stereocenters. The summed E-state index contributed by atoms with van der Waals surface area (Å²) in [6.07, 6.45) is 5.25. The third kappa shape index (κ3) is 4.60. The van der Waals surface area contributed by atoms with Gasteiger partial charge in [0.15, 0.2) is 0 Å². The molecule has 2 rings (SSSR count). The van der Waals surface area contributed by atoms with E-state index in [4.69, 9.17) is 5.73 Å². The Hall–Kier alpha value is -1.81. The molecule has 0 radical (unpaired) electrons. The fourth-order valence-corrected chi connectivity index (χ4v) is 3.80. The minimum absolute atomic E-state index is 0.112. The number of likely N-dealkylation sites (tertiary alicyclic amines) is 1. The molecular weight excluding hydrogens is 298 g/mol. The van der Waals surface area contributed by atoms with Crippen molar-refractivity contribution >= 4 is 6.03 Å². The second-order valence-corrected chi connectivity index (χ2v) is 7.14. The summed E-state index contributed by atoms with van der Waals surface area (Å²) in [5, 5.41) is 2.63. The molecule has 0 bridgehead atoms. The SMILES string of the molecule is CCC(C)(/C(C)=C/NC(N)=O)C1CCN(Cc2ccccc2)CC1. The summed E-state index contributed by atoms with van der Waals surface area (Å²) < 4.78 is 0. The van der Waals surface area contributed by atoms with Crippen LogP contribution in [0.3, 0.4) is 0 Å². The fourth-order valence-electron chi connectivity index (χ4n) is 3.80. The normalized spacial score (nSPS) is 19.7. The summed E-state index contributed by atoms with van der Waals surface area (Å²) in [5.74, 6) is 0.639. The van der Waals surface area contributed by atoms with Crippen LogP contribution in [0.25, 0.3) is 0 Å². The highest BCUT2D eigenvalue weighted by molar-refractivity contribution is 5.72. The van der Waals surface area contributed by atoms with Crippen LogP contribution in [0.5, 0.6) is 0 Å². The lowest BCUT2D eigenvalue weighted by Gasteiger charge is -2.43. The van der Waals surface area contributed by atoms with E-state index in [1.807, 2.05) is 0 Å². The maximum Gasteiger partial charge on any atom is 0.316 e. The van der Waals surface area contributed by atoms with Gasteiger partial charge in [-0.25, -0.2) is 4.79 Å². The standard InChI is InChI=1S/C20H31N3O/c1-4-20(3,16(2)14-22-19(21)24)18-10-12-23(13-11-18)15-17-8-6-5-7-9-17/h5-9,14,18H,4,10-13,15H2,1-3H3,(H3,21,22,24)/b16-14+. The van der Waals surface area contributed by atoms with Crippen LogP contribution < -0.4 is 11.1 Å². The van der Waals surface area contributed by atoms with Crippen molar-refractivity contribution in [2.75, 3.05) is 13.1 Å². The zero-order valence-corrected chi connectivity index (χ0v) is 15.2. The largest absolute Gasteiger partial charge is 0.351 e. The fraction of sp³-hybridized carbons (Fsp3) is 0.550. The molecule has 1 heterocycles. The molecule has 3 N–H and O–H groups in total. The van der Waals surface area contributed by atoms with Gasteiger partial charge >= 0.3 is 6.03 Å². The Kier molecular flexibility index (Phi) is 6.44. The van der Waals surface area contributed by atoms with Gasteiger partial charge in [0.25, 0.3) is 0 Å². The Morgan fingerprint density at radius 1 is 1.33 bits per heavy atom. The number of hydrogen-bond donors (Lipinski definition) is 2. The van der Waals surface area contributed by atoms with Gasteiger partial charge in [0.2, 0.25) is 0 Å². The monoisotopic (exact) mass is 329 g/mol. The van der Waals surface area contributed by atoms with Crippen molar-refractivity contribution in [1.29, 1.82) is 0 Å². The molecule has 1 atom stereocenters. The number of rotatable bonds is 6. The highest BCUT2D eigenvalue weighted by atomic mass is 16.2. The summed E-state index contributed by atoms with van der Waals surface area (Å²) in [5.41, 5.74) is 7.90. The summed E-state index contributed by atoms with van der Waals surface area (Å²) in [6.45, 7) is 9.96. The molecule has 0 spiro atoms. The topological polar surface area (TPSA) is 58.4 Å². The van der Waals surface area contributed by atoms with Gasteiger partial charge in [0.1, 0.15) is 0 Å². The number of nitrogens with zero attached hydrogens (tertiary/aromatic N) is 1. The van der Waals surface area contributed by atoms with Crippen molar-refractivity contribution in [3.05, 3.63) is 47.7 Å². The van der Waals surface area contributed by atoms with E-state index in [2.05, 4.69) is 61.3 Å². The Morgan fingerprint density at radius 3 is 2.50 bits per heavy atom. The second kappa shape index (κ2) is 8.34. The molecule has 0 aromatic heterocycles. The highest BCUT2D eigenvalue weighted by Crippen LogP contribution is 2.43. The minimum atomic E-state index is -0.495. The number of hydrogen-bond acceptors (Lipinski definition) is 2. The maximum atomic E-state index is 11.0. The van der Waals surface area contributed by atoms with E-state index in [0.29, 0.717) is 5.92 Å². The van der Waals surface area contributed by atoms with Crippen molar-refractivity contribution < 1.29 is 4.79 Å². The number of urea groups is 1. The Morgan fingerprint density at radius 2 is 1.96 bits per heavy atom. The number of carbonyl (C=O) groups excluding carboxylic acids is 1. The number of nitrogens with two attached hydrogens (primary N) is 1. The molecule has 1 aromatic carbocycles. The zero-order valence-electron chi connectivity index (χ0n) is 15.2. The van der Waals surface area contributed by atoms with Crippen molar-refractivity contribution in [1.82, 2.24) is 10.2 Å². The van der Waals surface area contributed by atoms with Crippen molar-refractivity contribution in [2.45, 2.75) is 46.6 Å². The van der Waals surface area contributed by atoms with Gasteiger partial charge in [-0.3, -0.25) is 4.90 Å². The second-order valence-electron chi connectivity index (χ2n) is 7.14. The van der Waals surface area contributed by atoms with Gasteiger partial charge in [-0.2, -0.15) is 0 Å². The summed E-state index contributed by atoms with van der Waals surface area (Å²) >= 11 is 0. The lowest BCUT2D eigenvalue weighted by Crippen LogP contribution is -2.40. The molecule has 1 fully saturated rings. The molecule has 4 nitrogen and oxygen atoms in total. The van der Waals surface area contributed by atoms with E-state index in [9.17, 15) is 4.79 Å². The lowest BCUT2D eigenvalue weighted by molar-refractivity contribution is 0.104. The zero-order chi connectivity index (χ0) is 17.6. The molecule has 1 aliphatic rings. The molecule has 1 saturated heterocycles. The van der Waals surface area contributed by atoms with Crippen molar-refractivity contribution in [3.8, 4) is 0 Å². The van der Waals surface area contributed by atoms with Crippen LogP contribution in [0.4, 0.5) is 4.79 Å². The minimum Gasteiger partial charge on any atom is -0.351 e. The van der Waals surface area contributed by atoms with Crippen LogP contribution in [0.1, 0.15) is 45.6 Å². The average Bonchev–Trinajstić information content (AvgIpc) is 2.60. The first-order valence-corrected chi connectivity index (χ1v) is 8.95. The number of nitrogens with one attached hydrogen (secondary N) is 1. The number of amides is 2. The van der Waals surface area contributed by atoms with Gasteiger partial charge in [0, 0.05) is 12.7 Å². The van der Waals surface area contributed by atoms with Crippen LogP contribution in [0, 0.1) is 11.3 Å². The number of primary amides is 1. The summed E-state index contributed by atoms with van der Waals surface area (Å²) in [4.78, 5) is 13.5. The molecule has 1 aliphatic heterocycles. The first kappa shape index (κ1) is 18.5. The quantitative estimate of drug-likeness (QED) is 0.832. The third-order valence-electron chi connectivity index (χ3n) is 5.80. The molecule has 0 saturated carbocycles. The van der Waals surface area contributed by atoms with E-state index in [1.165, 1.54) is 24.0 Å². The van der Waals surface area contributed by atoms with E-state index in [0.717, 1.165) is 26.1 Å². The molecule has 0 aliphatic carbocycles. The van der Waals surface area contributed by atoms with Gasteiger partial charge < -0.3 is 11.1 Å². The maximum absolute atomic E-state index is 11.0. The summed E-state index contributed by atoms with van der Waals surface area (Å²) in [7, 11) is 0. The predicted molar refractivity (Wildman–Crippen MR) is 99.3 cm³/mol. The number of allylic oxidation sites excluding steroid dienone is 1. The Labute approximate surface area is 146 Å². The molecule has 132 valence electrons. The van der Waals surface area contributed by atoms with Crippen molar-refractivity contribution in [2.24, 2.45) is 17.1 Å². The predicted octanol–water partition coefficient (Wildman–Crippen LogP) is 3.89. The molecule has 24 heavy (non-hydrogen) atoms. The van der Waals surface area contributed by atoms with E-state index >= 15 is 0 Å². The first-order chi connectivity index (χ1) is 11.5. The van der Waals surface area contributed by atoms with Gasteiger partial charge in [-0.1, -0.05) is 49.8 Å². The van der Waals surface area contributed by atoms with Gasteiger partial charge in [0.05, 0.1) is 0 Å². The summed E-state index contributed by atoms with van der Waals surface area (Å²) in [6, 6.07) is 10.2.